The molecule has 4 aromatic rings. The predicted octanol–water partition coefficient (Wildman–Crippen LogP) is 6.06. The van der Waals surface area contributed by atoms with Crippen LogP contribution in [0.15, 0.2) is 41.3 Å². The van der Waals surface area contributed by atoms with Gasteiger partial charge in [0.05, 0.1) is 53.9 Å². The van der Waals surface area contributed by atoms with Gasteiger partial charge in [0.25, 0.3) is 0 Å². The number of carbonyl (C=O) groups is 2. The smallest absolute Gasteiger partial charge is 0.410 e. The third kappa shape index (κ3) is 7.09. The summed E-state index contributed by atoms with van der Waals surface area (Å²) in [5, 5.41) is 12.8. The third-order valence-electron chi connectivity index (χ3n) is 8.64. The molecule has 4 heterocycles. The predicted molar refractivity (Wildman–Crippen MR) is 188 cm³/mol. The zero-order chi connectivity index (χ0) is 38.2. The fourth-order valence-electron chi connectivity index (χ4n) is 6.37. The van der Waals surface area contributed by atoms with Gasteiger partial charge in [-0.25, -0.2) is 18.6 Å². The molecule has 14 nitrogen and oxygen atoms in total. The molecule has 1 amide bonds. The van der Waals surface area contributed by atoms with Gasteiger partial charge in [0, 0.05) is 25.8 Å². The van der Waals surface area contributed by atoms with Crippen LogP contribution in [0.5, 0.6) is 5.75 Å². The number of anilines is 1. The van der Waals surface area contributed by atoms with Crippen LogP contribution in [-0.4, -0.2) is 81.9 Å². The van der Waals surface area contributed by atoms with Gasteiger partial charge in [-0.15, -0.1) is 0 Å². The minimum atomic E-state index is -1.12. The first-order valence-corrected chi connectivity index (χ1v) is 16.5. The zero-order valence-corrected chi connectivity index (χ0v) is 30.2. The molecule has 0 saturated carbocycles. The number of carbonyl (C=O) groups excluding carboxylic acids is 2. The number of nitro groups is 1. The lowest BCUT2D eigenvalue weighted by atomic mass is 10.0. The Bertz CT molecular complexity index is 2130. The molecule has 1 aliphatic heterocycles. The Morgan fingerprint density at radius 2 is 1.81 bits per heavy atom. The maximum Gasteiger partial charge on any atom is 0.410 e. The number of esters is 1. The van der Waals surface area contributed by atoms with E-state index in [1.54, 1.807) is 33.8 Å². The van der Waals surface area contributed by atoms with Crippen molar-refractivity contribution in [2.75, 3.05) is 38.8 Å². The Morgan fingerprint density at radius 1 is 1.10 bits per heavy atom. The molecule has 3 aromatic heterocycles. The van der Waals surface area contributed by atoms with Crippen molar-refractivity contribution in [1.29, 1.82) is 0 Å². The second-order valence-corrected chi connectivity index (χ2v) is 13.7. The van der Waals surface area contributed by atoms with Crippen LogP contribution in [0.1, 0.15) is 58.2 Å². The number of benzene rings is 1. The van der Waals surface area contributed by atoms with E-state index in [0.717, 1.165) is 16.7 Å². The summed E-state index contributed by atoms with van der Waals surface area (Å²) in [6.45, 7) is 10.1. The third-order valence-corrected chi connectivity index (χ3v) is 8.64. The number of rotatable bonds is 8. The highest BCUT2D eigenvalue weighted by Crippen LogP contribution is 2.41. The Balaban J connectivity index is 1.90. The van der Waals surface area contributed by atoms with E-state index in [9.17, 15) is 24.5 Å². The van der Waals surface area contributed by atoms with Crippen LogP contribution in [0.4, 0.5) is 25.0 Å². The van der Waals surface area contributed by atoms with Gasteiger partial charge in [0.2, 0.25) is 0 Å². The molecule has 1 aliphatic rings. The van der Waals surface area contributed by atoms with Crippen molar-refractivity contribution >= 4 is 34.5 Å². The van der Waals surface area contributed by atoms with E-state index in [4.69, 9.17) is 14.2 Å². The SMILES string of the molecule is COC(=O)CC1CN(C(=O)OC(C)(C)C)CCN1c1c([N+](=O)[O-])c(=O)n(-c2c(C)ccnc2C(C)C)c2nc(-c3c(F)cccc3OC)c(F)cc12. The van der Waals surface area contributed by atoms with Crippen molar-refractivity contribution in [3.8, 4) is 22.7 Å². The molecule has 52 heavy (non-hydrogen) atoms. The average Bonchev–Trinajstić information content (AvgIpc) is 3.07. The number of piperazine rings is 1. The number of hydrogen-bond acceptors (Lipinski definition) is 11. The molecule has 1 saturated heterocycles. The average molecular weight is 723 g/mol. The van der Waals surface area contributed by atoms with Crippen molar-refractivity contribution in [3.05, 3.63) is 79.9 Å². The van der Waals surface area contributed by atoms with Gasteiger partial charge in [-0.3, -0.25) is 29.3 Å². The largest absolute Gasteiger partial charge is 0.496 e. The maximum atomic E-state index is 16.5. The molecule has 0 bridgehead atoms. The molecule has 1 atom stereocenters. The van der Waals surface area contributed by atoms with Crippen molar-refractivity contribution < 1.29 is 37.5 Å². The quantitative estimate of drug-likeness (QED) is 0.118. The Hall–Kier alpha value is -5.67. The van der Waals surface area contributed by atoms with Gasteiger partial charge in [-0.1, -0.05) is 19.9 Å². The van der Waals surface area contributed by atoms with Gasteiger partial charge < -0.3 is 24.0 Å². The normalized spacial score (nSPS) is 14.9. The number of aromatic nitrogens is 3. The molecule has 0 N–H and O–H groups in total. The zero-order valence-electron chi connectivity index (χ0n) is 30.2. The Labute approximate surface area is 298 Å². The van der Waals surface area contributed by atoms with Gasteiger partial charge in [0.1, 0.15) is 28.5 Å². The summed E-state index contributed by atoms with van der Waals surface area (Å²) in [6, 6.07) is 5.47. The number of fused-ring (bicyclic) bond motifs is 1. The van der Waals surface area contributed by atoms with Gasteiger partial charge in [0.15, 0.2) is 11.5 Å². The lowest BCUT2D eigenvalue weighted by molar-refractivity contribution is -0.385. The second kappa shape index (κ2) is 14.5. The number of halogens is 2. The molecule has 5 rings (SSSR count). The Morgan fingerprint density at radius 3 is 2.42 bits per heavy atom. The molecular formula is C36H40F2N6O8. The first-order chi connectivity index (χ1) is 24.5. The topological polar surface area (TPSA) is 159 Å². The number of nitrogens with zero attached hydrogens (tertiary/aromatic N) is 6. The molecule has 0 spiro atoms. The van der Waals surface area contributed by atoms with Gasteiger partial charge in [-0.2, -0.15) is 0 Å². The number of methoxy groups -OCH3 is 2. The number of aryl methyl sites for hydroxylation is 1. The molecule has 1 unspecified atom stereocenters. The van der Waals surface area contributed by atoms with Crippen molar-refractivity contribution in [3.63, 3.8) is 0 Å². The number of ether oxygens (including phenoxy) is 3. The highest BCUT2D eigenvalue weighted by molar-refractivity contribution is 5.98. The highest BCUT2D eigenvalue weighted by atomic mass is 19.1. The van der Waals surface area contributed by atoms with Gasteiger partial charge >= 0.3 is 23.3 Å². The minimum absolute atomic E-state index is 0.0338. The molecule has 0 radical (unpaired) electrons. The molecule has 16 heteroatoms. The van der Waals surface area contributed by atoms with Crippen LogP contribution in [0, 0.1) is 28.7 Å². The molecular weight excluding hydrogens is 682 g/mol. The van der Waals surface area contributed by atoms with Crippen molar-refractivity contribution in [2.24, 2.45) is 0 Å². The number of hydrogen-bond donors (Lipinski definition) is 0. The van der Waals surface area contributed by atoms with Crippen molar-refractivity contribution in [2.45, 2.75) is 65.5 Å². The first-order valence-electron chi connectivity index (χ1n) is 16.5. The number of pyridine rings is 3. The van der Waals surface area contributed by atoms with Crippen LogP contribution in [-0.2, 0) is 14.3 Å². The van der Waals surface area contributed by atoms with Crippen LogP contribution in [0.3, 0.4) is 0 Å². The van der Waals surface area contributed by atoms with E-state index in [-0.39, 0.29) is 65.7 Å². The van der Waals surface area contributed by atoms with Crippen molar-refractivity contribution in [1.82, 2.24) is 19.4 Å². The molecule has 0 aliphatic carbocycles. The van der Waals surface area contributed by atoms with Crippen LogP contribution < -0.4 is 15.2 Å². The summed E-state index contributed by atoms with van der Waals surface area (Å²) in [4.78, 5) is 64.5. The molecule has 276 valence electrons. The molecule has 1 fully saturated rings. The number of amides is 1. The fraction of sp³-hybridized carbons (Fsp3) is 0.417. The van der Waals surface area contributed by atoms with E-state index in [2.05, 4.69) is 9.97 Å². The van der Waals surface area contributed by atoms with E-state index < -0.39 is 57.2 Å². The van der Waals surface area contributed by atoms with E-state index in [1.165, 1.54) is 42.3 Å². The minimum Gasteiger partial charge on any atom is -0.496 e. The summed E-state index contributed by atoms with van der Waals surface area (Å²) >= 11 is 0. The van der Waals surface area contributed by atoms with Crippen LogP contribution in [0.25, 0.3) is 28.0 Å². The standard InChI is InChI=1S/C36H40F2N6O8/c1-19(2)28-30(20(3)12-13-39-28)43-33-22(17-24(38)29(40-33)27-23(37)10-9-11-25(27)50-7)31(32(34(43)46)44(48)49)42-15-14-41(35(47)52-36(4,5)6)18-21(42)16-26(45)51-8/h9-13,17,19,21H,14-16,18H2,1-8H3. The summed E-state index contributed by atoms with van der Waals surface area (Å²) in [5.74, 6) is -2.96. The van der Waals surface area contributed by atoms with E-state index in [0.29, 0.717) is 11.3 Å². The monoisotopic (exact) mass is 722 g/mol. The highest BCUT2D eigenvalue weighted by Gasteiger charge is 2.40. The summed E-state index contributed by atoms with van der Waals surface area (Å²) < 4.78 is 48.7. The van der Waals surface area contributed by atoms with Crippen LogP contribution in [0.2, 0.25) is 0 Å². The lowest BCUT2D eigenvalue weighted by Crippen LogP contribution is -2.56. The summed E-state index contributed by atoms with van der Waals surface area (Å²) in [7, 11) is 2.45. The van der Waals surface area contributed by atoms with Crippen LogP contribution >= 0.6 is 0 Å². The maximum absolute atomic E-state index is 16.5. The lowest BCUT2D eigenvalue weighted by Gasteiger charge is -2.42. The van der Waals surface area contributed by atoms with Gasteiger partial charge in [-0.05, 0) is 63.4 Å². The molecule has 1 aromatic carbocycles. The van der Waals surface area contributed by atoms with E-state index in [1.807, 2.05) is 13.8 Å². The first kappa shape index (κ1) is 37.6. The summed E-state index contributed by atoms with van der Waals surface area (Å²) in [6.07, 6.45) is 0.493. The summed E-state index contributed by atoms with van der Waals surface area (Å²) in [5.41, 5.74) is -3.20. The second-order valence-electron chi connectivity index (χ2n) is 13.7. The fourth-order valence-corrected chi connectivity index (χ4v) is 6.37. The Kier molecular flexibility index (Phi) is 10.5. The van der Waals surface area contributed by atoms with E-state index >= 15 is 8.78 Å².